The molecule has 0 aliphatic carbocycles. The Kier molecular flexibility index (Phi) is 17.7. The van der Waals surface area contributed by atoms with Gasteiger partial charge in [0, 0.05) is 51.4 Å². The number of aromatic hydroxyl groups is 1. The maximum absolute atomic E-state index is 14.3. The van der Waals surface area contributed by atoms with Crippen LogP contribution >= 0.6 is 0 Å². The van der Waals surface area contributed by atoms with Crippen LogP contribution in [0.1, 0.15) is 62.1 Å². The summed E-state index contributed by atoms with van der Waals surface area (Å²) in [6.07, 6.45) is 1.51. The van der Waals surface area contributed by atoms with Gasteiger partial charge in [-0.2, -0.15) is 4.99 Å². The van der Waals surface area contributed by atoms with E-state index in [1.165, 1.54) is 12.1 Å². The largest absolute Gasteiger partial charge is 0.508 e. The molecule has 59 heavy (non-hydrogen) atoms. The van der Waals surface area contributed by atoms with Crippen LogP contribution in [0.15, 0.2) is 93.4 Å². The highest BCUT2D eigenvalue weighted by atomic mass is 16.5. The Balaban J connectivity index is 1.41. The van der Waals surface area contributed by atoms with Crippen molar-refractivity contribution in [1.82, 2.24) is 26.6 Å². The molecule has 0 aliphatic heterocycles. The topological polar surface area (TPSA) is 254 Å². The molecule has 0 saturated carbocycles. The summed E-state index contributed by atoms with van der Waals surface area (Å²) >= 11 is 0. The molecule has 5 amide bonds. The third-order valence-corrected chi connectivity index (χ3v) is 9.03. The lowest BCUT2D eigenvalue weighted by atomic mass is 9.89. The summed E-state index contributed by atoms with van der Waals surface area (Å²) in [5.41, 5.74) is 7.79. The number of carbonyl (C=O) groups excluding carboxylic acids is 4. The third-order valence-electron chi connectivity index (χ3n) is 9.03. The Morgan fingerprint density at radius 3 is 2.19 bits per heavy atom. The van der Waals surface area contributed by atoms with Gasteiger partial charge in [0.2, 0.25) is 17.7 Å². The van der Waals surface area contributed by atoms with Crippen molar-refractivity contribution in [2.45, 2.75) is 58.0 Å². The third kappa shape index (κ3) is 14.2. The molecule has 2 atom stereocenters. The quantitative estimate of drug-likeness (QED) is 0.0226. The van der Waals surface area contributed by atoms with Crippen LogP contribution in [0.3, 0.4) is 0 Å². The minimum absolute atomic E-state index is 0.0703. The summed E-state index contributed by atoms with van der Waals surface area (Å²) in [5.74, 6) is -1.71. The number of nitrogens with zero attached hydrogens (tertiary/aromatic N) is 1. The maximum atomic E-state index is 14.3. The number of aliphatic imine (C=N–C) groups is 1. The number of phenolic OH excluding ortho intramolecular Hbond substituents is 1. The number of phenols is 1. The van der Waals surface area contributed by atoms with E-state index in [-0.39, 0.29) is 68.3 Å². The van der Waals surface area contributed by atoms with E-state index in [1.807, 2.05) is 54.6 Å². The summed E-state index contributed by atoms with van der Waals surface area (Å²) in [5, 5.41) is 29.9. The normalized spacial score (nSPS) is 12.1. The van der Waals surface area contributed by atoms with Crippen LogP contribution in [0.25, 0.3) is 0 Å². The lowest BCUT2D eigenvalue weighted by molar-refractivity contribution is -0.129. The average molecular weight is 812 g/mol. The molecule has 17 heteroatoms. The van der Waals surface area contributed by atoms with Crippen LogP contribution in [-0.4, -0.2) is 80.2 Å². The monoisotopic (exact) mass is 811 g/mol. The van der Waals surface area contributed by atoms with Crippen molar-refractivity contribution in [3.63, 3.8) is 0 Å². The molecule has 4 aromatic rings. The molecule has 10 N–H and O–H groups in total. The molecule has 0 radical (unpaired) electrons. The number of guanidine groups is 1. The Morgan fingerprint density at radius 2 is 1.46 bits per heavy atom. The van der Waals surface area contributed by atoms with Crippen LogP contribution in [0.2, 0.25) is 0 Å². The zero-order valence-electron chi connectivity index (χ0n) is 33.3. The second kappa shape index (κ2) is 23.4. The fourth-order valence-electron chi connectivity index (χ4n) is 5.97. The zero-order chi connectivity index (χ0) is 42.6. The standard InChI is InChI=1S/C42H53N9O8/c1-3-33(53)45-23-24-48-42(58)51-41(43)47-20-9-15-32(39(56)49-26-27-16-18-31(52)19-17-27)50-40(57)34(28-11-6-5-7-12-28)29-13-8-14-30(25-29)44-21-10-22-46-35-36(54)37(55)38(35)59-4-2/h5-8,11-14,16-19,25,32,34,44,46,52H,3-4,9-10,15,20-24,26H2,1-2H3,(H,45,53)(H,49,56)(H,50,57)(H4,43,47,48,51,58)/t32-,34?/m1/s1. The summed E-state index contributed by atoms with van der Waals surface area (Å²) < 4.78 is 5.26. The van der Waals surface area contributed by atoms with Gasteiger partial charge in [-0.15, -0.1) is 0 Å². The van der Waals surface area contributed by atoms with Gasteiger partial charge in [0.15, 0.2) is 11.7 Å². The highest BCUT2D eigenvalue weighted by Crippen LogP contribution is 2.28. The number of carbonyl (C=O) groups is 4. The molecule has 4 rings (SSSR count). The number of urea groups is 1. The van der Waals surface area contributed by atoms with Crippen molar-refractivity contribution < 1.29 is 29.0 Å². The Labute approximate surface area is 342 Å². The number of benzene rings is 3. The van der Waals surface area contributed by atoms with Gasteiger partial charge >= 0.3 is 6.03 Å². The first-order chi connectivity index (χ1) is 28.5. The first kappa shape index (κ1) is 44.8. The van der Waals surface area contributed by atoms with Crippen molar-refractivity contribution in [2.75, 3.05) is 50.0 Å². The predicted octanol–water partition coefficient (Wildman–Crippen LogP) is 2.15. The van der Waals surface area contributed by atoms with Crippen LogP contribution in [-0.2, 0) is 20.9 Å². The summed E-state index contributed by atoms with van der Waals surface area (Å²) in [7, 11) is 0. The van der Waals surface area contributed by atoms with E-state index in [1.54, 1.807) is 26.0 Å². The number of amides is 5. The first-order valence-electron chi connectivity index (χ1n) is 19.6. The van der Waals surface area contributed by atoms with Gasteiger partial charge in [-0.05, 0) is 67.1 Å². The molecule has 0 aromatic heterocycles. The smallest absolute Gasteiger partial charge is 0.344 e. The lowest BCUT2D eigenvalue weighted by Gasteiger charge is -2.24. The summed E-state index contributed by atoms with van der Waals surface area (Å²) in [6, 6.07) is 21.4. The number of rotatable bonds is 23. The van der Waals surface area contributed by atoms with Gasteiger partial charge < -0.3 is 52.8 Å². The zero-order valence-corrected chi connectivity index (χ0v) is 33.3. The van der Waals surface area contributed by atoms with E-state index >= 15 is 0 Å². The fraction of sp³-hybridized carbons (Fsp3) is 0.357. The van der Waals surface area contributed by atoms with Gasteiger partial charge in [-0.3, -0.25) is 24.0 Å². The van der Waals surface area contributed by atoms with Gasteiger partial charge in [-0.1, -0.05) is 61.5 Å². The SMILES string of the molecule is CCOc1c(NCCCNc2cccc(C(C(=O)N[C@H](CCCN/C(N)=N\C(=O)NCCNC(=O)CC)C(=O)NCc3ccc(O)cc3)c3ccccc3)c2)c(=O)c1=O. The van der Waals surface area contributed by atoms with E-state index in [0.29, 0.717) is 43.5 Å². The number of anilines is 2. The Bertz CT molecular complexity index is 2100. The van der Waals surface area contributed by atoms with E-state index in [2.05, 4.69) is 42.2 Å². The van der Waals surface area contributed by atoms with Gasteiger partial charge in [0.1, 0.15) is 17.5 Å². The van der Waals surface area contributed by atoms with E-state index in [9.17, 15) is 33.9 Å². The Morgan fingerprint density at radius 1 is 0.746 bits per heavy atom. The number of nitrogens with two attached hydrogens (primary N) is 1. The van der Waals surface area contributed by atoms with E-state index in [4.69, 9.17) is 10.5 Å². The molecule has 4 aromatic carbocycles. The number of hydrogen-bond acceptors (Lipinski definition) is 10. The molecule has 0 bridgehead atoms. The van der Waals surface area contributed by atoms with Crippen LogP contribution in [0, 0.1) is 0 Å². The van der Waals surface area contributed by atoms with Gasteiger partial charge in [0.05, 0.1) is 12.5 Å². The molecule has 0 aliphatic rings. The molecule has 0 spiro atoms. The molecule has 1 unspecified atom stereocenters. The number of hydrogen-bond donors (Lipinski definition) is 9. The van der Waals surface area contributed by atoms with Gasteiger partial charge in [0.25, 0.3) is 10.9 Å². The van der Waals surface area contributed by atoms with E-state index in [0.717, 1.165) is 11.3 Å². The van der Waals surface area contributed by atoms with Crippen LogP contribution < -0.4 is 58.5 Å². The number of nitrogens with one attached hydrogen (secondary N) is 7. The van der Waals surface area contributed by atoms with Crippen LogP contribution in [0.4, 0.5) is 16.2 Å². The van der Waals surface area contributed by atoms with Crippen molar-refractivity contribution in [3.8, 4) is 11.5 Å². The van der Waals surface area contributed by atoms with Crippen LogP contribution in [0.5, 0.6) is 11.5 Å². The molecule has 0 fully saturated rings. The molecule has 17 nitrogen and oxygen atoms in total. The van der Waals surface area contributed by atoms with E-state index < -0.39 is 40.7 Å². The summed E-state index contributed by atoms with van der Waals surface area (Å²) in [4.78, 5) is 78.9. The first-order valence-corrected chi connectivity index (χ1v) is 19.6. The molecular formula is C42H53N9O8. The van der Waals surface area contributed by atoms with Crippen molar-refractivity contribution in [1.29, 1.82) is 0 Å². The second-order valence-corrected chi connectivity index (χ2v) is 13.4. The van der Waals surface area contributed by atoms with Crippen molar-refractivity contribution in [3.05, 3.63) is 116 Å². The minimum atomic E-state index is -0.961. The van der Waals surface area contributed by atoms with Crippen molar-refractivity contribution in [2.24, 2.45) is 10.7 Å². The maximum Gasteiger partial charge on any atom is 0.344 e. The highest BCUT2D eigenvalue weighted by Gasteiger charge is 2.28. The van der Waals surface area contributed by atoms with Gasteiger partial charge in [-0.25, -0.2) is 4.79 Å². The van der Waals surface area contributed by atoms with Crippen molar-refractivity contribution >= 4 is 41.1 Å². The lowest BCUT2D eigenvalue weighted by Crippen LogP contribution is -2.48. The molecular weight excluding hydrogens is 759 g/mol. The average Bonchev–Trinajstić information content (AvgIpc) is 3.24. The predicted molar refractivity (Wildman–Crippen MR) is 226 cm³/mol. The summed E-state index contributed by atoms with van der Waals surface area (Å²) in [6.45, 7) is 5.51. The highest BCUT2D eigenvalue weighted by molar-refractivity contribution is 5.93. The fourth-order valence-corrected chi connectivity index (χ4v) is 5.97. The minimum Gasteiger partial charge on any atom is -0.508 e. The molecule has 0 heterocycles. The number of ether oxygens (including phenoxy) is 1. The Hall–Kier alpha value is -6.91. The molecule has 314 valence electrons. The second-order valence-electron chi connectivity index (χ2n) is 13.4. The molecule has 0 saturated heterocycles.